The number of pyridine rings is 1. The first-order valence-electron chi connectivity index (χ1n) is 3.35. The third-order valence-electron chi connectivity index (χ3n) is 1.48. The molecule has 0 aliphatic heterocycles. The zero-order valence-corrected chi connectivity index (χ0v) is 7.93. The minimum atomic E-state index is -4.44. The Morgan fingerprint density at radius 3 is 2.54 bits per heavy atom. The fourth-order valence-electron chi connectivity index (χ4n) is 0.807. The summed E-state index contributed by atoms with van der Waals surface area (Å²) >= 11 is 2.90. The molecule has 1 heterocycles. The molecule has 0 amide bonds. The summed E-state index contributed by atoms with van der Waals surface area (Å²) in [6, 6.07) is 0.705. The Morgan fingerprint density at radius 1 is 1.46 bits per heavy atom. The summed E-state index contributed by atoms with van der Waals surface area (Å²) in [5.74, 6) is 0. The van der Waals surface area contributed by atoms with Gasteiger partial charge in [0.15, 0.2) is 0 Å². The highest BCUT2D eigenvalue weighted by Crippen LogP contribution is 2.32. The van der Waals surface area contributed by atoms with Crippen LogP contribution in [-0.2, 0) is 0 Å². The van der Waals surface area contributed by atoms with Gasteiger partial charge in [-0.1, -0.05) is 6.07 Å². The topological polar surface area (TPSA) is 38.9 Å². The van der Waals surface area contributed by atoms with Crippen LogP contribution in [0.5, 0.6) is 0 Å². The highest BCUT2D eigenvalue weighted by molar-refractivity contribution is 9.10. The van der Waals surface area contributed by atoms with Gasteiger partial charge in [0.1, 0.15) is 10.6 Å². The Balaban J connectivity index is 3.02. The van der Waals surface area contributed by atoms with E-state index in [9.17, 15) is 13.2 Å². The Morgan fingerprint density at radius 2 is 2.08 bits per heavy atom. The standard InChI is InChI=1S/C7H6BrF3N2/c8-6-4(2-1-3-13-6)5(12)7(9,10)11/h1-3,5H,12H2/t5-/m0/s1. The maximum absolute atomic E-state index is 12.1. The van der Waals surface area contributed by atoms with Gasteiger partial charge in [-0.3, -0.25) is 0 Å². The third kappa shape index (κ3) is 2.41. The summed E-state index contributed by atoms with van der Waals surface area (Å²) < 4.78 is 36.5. The van der Waals surface area contributed by atoms with Crippen molar-refractivity contribution in [2.45, 2.75) is 12.2 Å². The molecule has 1 atom stereocenters. The van der Waals surface area contributed by atoms with Gasteiger partial charge >= 0.3 is 6.18 Å². The number of nitrogens with two attached hydrogens (primary N) is 1. The minimum Gasteiger partial charge on any atom is -0.316 e. The van der Waals surface area contributed by atoms with Crippen LogP contribution in [-0.4, -0.2) is 11.2 Å². The minimum absolute atomic E-state index is 0.0602. The number of nitrogens with zero attached hydrogens (tertiary/aromatic N) is 1. The average molecular weight is 255 g/mol. The van der Waals surface area contributed by atoms with E-state index < -0.39 is 12.2 Å². The van der Waals surface area contributed by atoms with Crippen molar-refractivity contribution in [2.75, 3.05) is 0 Å². The lowest BCUT2D eigenvalue weighted by Crippen LogP contribution is -2.28. The molecule has 2 nitrogen and oxygen atoms in total. The lowest BCUT2D eigenvalue weighted by molar-refractivity contribution is -0.149. The maximum atomic E-state index is 12.1. The summed E-state index contributed by atoms with van der Waals surface area (Å²) in [5, 5.41) is 0. The van der Waals surface area contributed by atoms with Crippen molar-refractivity contribution in [3.8, 4) is 0 Å². The molecule has 0 aliphatic rings. The van der Waals surface area contributed by atoms with E-state index in [0.717, 1.165) is 0 Å². The Hall–Kier alpha value is -0.620. The molecule has 0 aromatic carbocycles. The SMILES string of the molecule is N[C@@H](c1cccnc1Br)C(F)(F)F. The number of rotatable bonds is 1. The second-order valence-corrected chi connectivity index (χ2v) is 3.15. The molecule has 72 valence electrons. The first-order chi connectivity index (χ1) is 5.93. The smallest absolute Gasteiger partial charge is 0.316 e. The van der Waals surface area contributed by atoms with Crippen LogP contribution in [0.15, 0.2) is 22.9 Å². The van der Waals surface area contributed by atoms with Gasteiger partial charge in [-0.15, -0.1) is 0 Å². The number of hydrogen-bond acceptors (Lipinski definition) is 2. The highest BCUT2D eigenvalue weighted by atomic mass is 79.9. The number of aromatic nitrogens is 1. The fourth-order valence-corrected chi connectivity index (χ4v) is 1.30. The zero-order valence-electron chi connectivity index (χ0n) is 6.35. The van der Waals surface area contributed by atoms with Crippen molar-refractivity contribution < 1.29 is 13.2 Å². The van der Waals surface area contributed by atoms with E-state index in [1.807, 2.05) is 0 Å². The van der Waals surface area contributed by atoms with E-state index in [0.29, 0.717) is 0 Å². The molecule has 6 heteroatoms. The van der Waals surface area contributed by atoms with Gasteiger partial charge in [-0.2, -0.15) is 13.2 Å². The second-order valence-electron chi connectivity index (χ2n) is 2.40. The van der Waals surface area contributed by atoms with Crippen LogP contribution in [0.4, 0.5) is 13.2 Å². The molecule has 2 N–H and O–H groups in total. The molecule has 0 saturated heterocycles. The normalized spacial score (nSPS) is 14.2. The van der Waals surface area contributed by atoms with Gasteiger partial charge < -0.3 is 5.73 Å². The maximum Gasteiger partial charge on any atom is 0.407 e. The highest BCUT2D eigenvalue weighted by Gasteiger charge is 2.38. The summed E-state index contributed by atoms with van der Waals surface area (Å²) in [6.07, 6.45) is -3.05. The van der Waals surface area contributed by atoms with Crippen molar-refractivity contribution in [1.82, 2.24) is 4.98 Å². The Kier molecular flexibility index (Phi) is 2.92. The first kappa shape index (κ1) is 10.5. The molecule has 0 bridgehead atoms. The molecular weight excluding hydrogens is 249 g/mol. The molecule has 0 spiro atoms. The summed E-state index contributed by atoms with van der Waals surface area (Å²) in [7, 11) is 0. The molecule has 0 aliphatic carbocycles. The van der Waals surface area contributed by atoms with Crippen LogP contribution in [0.3, 0.4) is 0 Å². The molecule has 1 rings (SSSR count). The third-order valence-corrected chi connectivity index (χ3v) is 2.14. The van der Waals surface area contributed by atoms with Crippen molar-refractivity contribution >= 4 is 15.9 Å². The summed E-state index contributed by atoms with van der Waals surface area (Å²) in [5.41, 5.74) is 4.92. The Bertz CT molecular complexity index is 300. The Labute approximate surface area is 81.1 Å². The first-order valence-corrected chi connectivity index (χ1v) is 4.15. The summed E-state index contributed by atoms with van der Waals surface area (Å²) in [4.78, 5) is 3.65. The van der Waals surface area contributed by atoms with E-state index >= 15 is 0 Å². The summed E-state index contributed by atoms with van der Waals surface area (Å²) in [6.45, 7) is 0. The van der Waals surface area contributed by atoms with E-state index in [1.165, 1.54) is 18.3 Å². The number of alkyl halides is 3. The zero-order chi connectivity index (χ0) is 10.1. The monoisotopic (exact) mass is 254 g/mol. The van der Waals surface area contributed by atoms with Crippen LogP contribution < -0.4 is 5.73 Å². The van der Waals surface area contributed by atoms with Crippen molar-refractivity contribution in [2.24, 2.45) is 5.73 Å². The molecule has 0 unspecified atom stereocenters. The van der Waals surface area contributed by atoms with Crippen LogP contribution in [0.1, 0.15) is 11.6 Å². The number of hydrogen-bond donors (Lipinski definition) is 1. The lowest BCUT2D eigenvalue weighted by Gasteiger charge is -2.16. The van der Waals surface area contributed by atoms with E-state index in [4.69, 9.17) is 5.73 Å². The van der Waals surface area contributed by atoms with Crippen LogP contribution in [0, 0.1) is 0 Å². The van der Waals surface area contributed by atoms with Crippen LogP contribution >= 0.6 is 15.9 Å². The van der Waals surface area contributed by atoms with Crippen LogP contribution in [0.25, 0.3) is 0 Å². The van der Waals surface area contributed by atoms with Crippen LogP contribution in [0.2, 0.25) is 0 Å². The van der Waals surface area contributed by atoms with Gasteiger partial charge in [0, 0.05) is 11.8 Å². The molecule has 13 heavy (non-hydrogen) atoms. The van der Waals surface area contributed by atoms with E-state index in [1.54, 1.807) is 0 Å². The second kappa shape index (κ2) is 3.63. The fraction of sp³-hybridized carbons (Fsp3) is 0.286. The van der Waals surface area contributed by atoms with Gasteiger partial charge in [0.2, 0.25) is 0 Å². The molecule has 1 aromatic heterocycles. The van der Waals surface area contributed by atoms with Crippen molar-refractivity contribution in [3.63, 3.8) is 0 Å². The number of halogens is 4. The molecular formula is C7H6BrF3N2. The molecule has 0 saturated carbocycles. The largest absolute Gasteiger partial charge is 0.407 e. The van der Waals surface area contributed by atoms with Gasteiger partial charge in [-0.05, 0) is 22.0 Å². The van der Waals surface area contributed by atoms with Crippen molar-refractivity contribution in [3.05, 3.63) is 28.5 Å². The molecule has 0 fully saturated rings. The molecule has 0 radical (unpaired) electrons. The van der Waals surface area contributed by atoms with Crippen molar-refractivity contribution in [1.29, 1.82) is 0 Å². The van der Waals surface area contributed by atoms with E-state index in [-0.39, 0.29) is 10.2 Å². The van der Waals surface area contributed by atoms with Gasteiger partial charge in [-0.25, -0.2) is 4.98 Å². The van der Waals surface area contributed by atoms with E-state index in [2.05, 4.69) is 20.9 Å². The molecule has 1 aromatic rings. The van der Waals surface area contributed by atoms with Gasteiger partial charge in [0.25, 0.3) is 0 Å². The predicted octanol–water partition coefficient (Wildman–Crippen LogP) is 2.41. The average Bonchev–Trinajstić information content (AvgIpc) is 2.02. The predicted molar refractivity (Wildman–Crippen MR) is 44.9 cm³/mol. The lowest BCUT2D eigenvalue weighted by atomic mass is 10.1. The quantitative estimate of drug-likeness (QED) is 0.782. The van der Waals surface area contributed by atoms with Gasteiger partial charge in [0.05, 0.1) is 0 Å².